The molecule has 3 N–H and O–H groups in total. The molecule has 1 aromatic carbocycles. The SMILES string of the molecule is CCSc1nc2n(n1)[C@@H](c1ccc(O)c(O)c1)[C@H]1C(=O)CCC=C1N2. The van der Waals surface area contributed by atoms with Crippen LogP contribution in [0.15, 0.2) is 35.1 Å². The molecular weight excluding hydrogens is 340 g/mol. The van der Waals surface area contributed by atoms with Crippen LogP contribution < -0.4 is 5.32 Å². The molecule has 0 amide bonds. The topological polar surface area (TPSA) is 100 Å². The molecule has 8 heteroatoms. The smallest absolute Gasteiger partial charge is 0.227 e. The summed E-state index contributed by atoms with van der Waals surface area (Å²) in [5.74, 6) is 0.767. The maximum absolute atomic E-state index is 12.6. The van der Waals surface area contributed by atoms with Crippen LogP contribution >= 0.6 is 11.8 Å². The molecular formula is C17H18N4O3S. The second kappa shape index (κ2) is 6.11. The number of rotatable bonds is 3. The minimum atomic E-state index is -0.402. The number of carbonyl (C=O) groups excluding carboxylic acids is 1. The predicted octanol–water partition coefficient (Wildman–Crippen LogP) is 2.68. The van der Waals surface area contributed by atoms with Crippen LogP contribution in [0.4, 0.5) is 5.95 Å². The number of phenolic OH excluding ortho intramolecular Hbond substituents is 2. The molecule has 0 fully saturated rings. The highest BCUT2D eigenvalue weighted by Gasteiger charge is 2.41. The lowest BCUT2D eigenvalue weighted by Crippen LogP contribution is -2.38. The molecule has 4 rings (SSSR count). The molecule has 1 aromatic heterocycles. The highest BCUT2D eigenvalue weighted by atomic mass is 32.2. The molecule has 1 aliphatic carbocycles. The van der Waals surface area contributed by atoms with E-state index in [0.717, 1.165) is 11.4 Å². The minimum absolute atomic E-state index is 0.133. The van der Waals surface area contributed by atoms with Crippen molar-refractivity contribution in [2.24, 2.45) is 5.92 Å². The fraction of sp³-hybridized carbons (Fsp3) is 0.353. The molecule has 2 aliphatic rings. The molecule has 2 heterocycles. The van der Waals surface area contributed by atoms with Gasteiger partial charge in [-0.05, 0) is 29.9 Å². The van der Waals surface area contributed by atoms with Crippen molar-refractivity contribution in [2.75, 3.05) is 11.1 Å². The van der Waals surface area contributed by atoms with E-state index < -0.39 is 12.0 Å². The number of aromatic nitrogens is 3. The van der Waals surface area contributed by atoms with Crippen molar-refractivity contribution in [3.05, 3.63) is 35.5 Å². The lowest BCUT2D eigenvalue weighted by Gasteiger charge is -2.36. The van der Waals surface area contributed by atoms with E-state index in [1.807, 2.05) is 13.0 Å². The van der Waals surface area contributed by atoms with Gasteiger partial charge in [-0.1, -0.05) is 30.8 Å². The molecule has 0 spiro atoms. The summed E-state index contributed by atoms with van der Waals surface area (Å²) in [7, 11) is 0. The quantitative estimate of drug-likeness (QED) is 0.573. The van der Waals surface area contributed by atoms with Gasteiger partial charge in [-0.2, -0.15) is 4.98 Å². The second-order valence-corrected chi connectivity index (χ2v) is 7.29. The Morgan fingerprint density at radius 2 is 2.20 bits per heavy atom. The zero-order valence-corrected chi connectivity index (χ0v) is 14.5. The van der Waals surface area contributed by atoms with Crippen LogP contribution in [0, 0.1) is 5.92 Å². The van der Waals surface area contributed by atoms with Crippen molar-refractivity contribution in [2.45, 2.75) is 31.0 Å². The fourth-order valence-electron chi connectivity index (χ4n) is 3.40. The van der Waals surface area contributed by atoms with E-state index in [1.54, 1.807) is 10.7 Å². The number of hydrogen-bond donors (Lipinski definition) is 3. The summed E-state index contributed by atoms with van der Waals surface area (Å²) in [6.45, 7) is 2.03. The number of ketones is 1. The average molecular weight is 358 g/mol. The lowest BCUT2D eigenvalue weighted by molar-refractivity contribution is -0.123. The zero-order valence-electron chi connectivity index (χ0n) is 13.6. The Kier molecular flexibility index (Phi) is 3.91. The van der Waals surface area contributed by atoms with Gasteiger partial charge in [0.2, 0.25) is 11.1 Å². The third-order valence-electron chi connectivity index (χ3n) is 4.50. The van der Waals surface area contributed by atoms with Gasteiger partial charge in [0.1, 0.15) is 5.78 Å². The Morgan fingerprint density at radius 3 is 2.96 bits per heavy atom. The molecule has 0 saturated heterocycles. The van der Waals surface area contributed by atoms with Crippen molar-refractivity contribution < 1.29 is 15.0 Å². The number of carbonyl (C=O) groups is 1. The molecule has 0 saturated carbocycles. The van der Waals surface area contributed by atoms with Crippen LogP contribution in [0.1, 0.15) is 31.4 Å². The molecule has 130 valence electrons. The molecule has 2 atom stereocenters. The van der Waals surface area contributed by atoms with Gasteiger partial charge < -0.3 is 15.5 Å². The third-order valence-corrected chi connectivity index (χ3v) is 5.22. The first-order valence-electron chi connectivity index (χ1n) is 8.19. The summed E-state index contributed by atoms with van der Waals surface area (Å²) in [4.78, 5) is 17.2. The van der Waals surface area contributed by atoms with Crippen LogP contribution in [-0.4, -0.2) is 36.5 Å². The Hall–Kier alpha value is -2.48. The Balaban J connectivity index is 1.88. The van der Waals surface area contributed by atoms with E-state index in [2.05, 4.69) is 15.4 Å². The summed E-state index contributed by atoms with van der Waals surface area (Å²) in [5.41, 5.74) is 1.55. The van der Waals surface area contributed by atoms with Gasteiger partial charge in [0, 0.05) is 12.1 Å². The van der Waals surface area contributed by atoms with Crippen molar-refractivity contribution >= 4 is 23.5 Å². The fourth-order valence-corrected chi connectivity index (χ4v) is 3.96. The Morgan fingerprint density at radius 1 is 1.36 bits per heavy atom. The first kappa shape index (κ1) is 16.0. The molecule has 0 bridgehead atoms. The van der Waals surface area contributed by atoms with Crippen molar-refractivity contribution in [1.29, 1.82) is 0 Å². The number of anilines is 1. The molecule has 7 nitrogen and oxygen atoms in total. The first-order valence-corrected chi connectivity index (χ1v) is 9.18. The van der Waals surface area contributed by atoms with Crippen LogP contribution in [0.25, 0.3) is 0 Å². The highest BCUT2D eigenvalue weighted by Crippen LogP contribution is 2.43. The monoisotopic (exact) mass is 358 g/mol. The van der Waals surface area contributed by atoms with Crippen molar-refractivity contribution in [3.63, 3.8) is 0 Å². The minimum Gasteiger partial charge on any atom is -0.504 e. The predicted molar refractivity (Wildman–Crippen MR) is 93.8 cm³/mol. The lowest BCUT2D eigenvalue weighted by atomic mass is 9.81. The summed E-state index contributed by atoms with van der Waals surface area (Å²) in [6.07, 6.45) is 3.22. The second-order valence-electron chi connectivity index (χ2n) is 6.06. The summed E-state index contributed by atoms with van der Waals surface area (Å²) >= 11 is 1.53. The van der Waals surface area contributed by atoms with Crippen molar-refractivity contribution in [3.8, 4) is 11.5 Å². The van der Waals surface area contributed by atoms with Gasteiger partial charge in [0.05, 0.1) is 12.0 Å². The largest absolute Gasteiger partial charge is 0.504 e. The van der Waals surface area contributed by atoms with E-state index in [0.29, 0.717) is 29.5 Å². The number of thioether (sulfide) groups is 1. The van der Waals surface area contributed by atoms with Crippen molar-refractivity contribution in [1.82, 2.24) is 14.8 Å². The van der Waals surface area contributed by atoms with Crippen LogP contribution in [0.5, 0.6) is 11.5 Å². The van der Waals surface area contributed by atoms with Gasteiger partial charge in [0.15, 0.2) is 11.5 Å². The van der Waals surface area contributed by atoms with E-state index in [-0.39, 0.29) is 17.3 Å². The standard InChI is InChI=1S/C17H18N4O3S/c1-2-25-17-19-16-18-10-4-3-5-12(23)14(10)15(21(16)20-17)9-6-7-11(22)13(24)8-9/h4,6-8,14-15,22,24H,2-3,5H2,1H3,(H,18,19,20)/t14-,15+/m1/s1. The Bertz CT molecular complexity index is 877. The number of fused-ring (bicyclic) bond motifs is 2. The Labute approximate surface area is 148 Å². The number of Topliss-reactive ketones (excluding diaryl/α,β-unsaturated/α-hetero) is 1. The molecule has 25 heavy (non-hydrogen) atoms. The van der Waals surface area contributed by atoms with Gasteiger partial charge >= 0.3 is 0 Å². The number of aromatic hydroxyl groups is 2. The molecule has 1 aliphatic heterocycles. The molecule has 0 unspecified atom stereocenters. The zero-order chi connectivity index (χ0) is 17.6. The molecule has 0 radical (unpaired) electrons. The third kappa shape index (κ3) is 2.66. The number of hydrogen-bond acceptors (Lipinski definition) is 7. The van der Waals surface area contributed by atoms with E-state index in [1.165, 1.54) is 23.9 Å². The van der Waals surface area contributed by atoms with E-state index >= 15 is 0 Å². The average Bonchev–Trinajstić information content (AvgIpc) is 2.98. The first-order chi connectivity index (χ1) is 12.1. The number of nitrogens with one attached hydrogen (secondary N) is 1. The van der Waals surface area contributed by atoms with E-state index in [9.17, 15) is 15.0 Å². The number of phenols is 2. The summed E-state index contributed by atoms with van der Waals surface area (Å²) < 4.78 is 1.72. The van der Waals surface area contributed by atoms with Gasteiger partial charge in [0.25, 0.3) is 0 Å². The maximum Gasteiger partial charge on any atom is 0.227 e. The van der Waals surface area contributed by atoms with Gasteiger partial charge in [-0.3, -0.25) is 4.79 Å². The van der Waals surface area contributed by atoms with Gasteiger partial charge in [-0.25, -0.2) is 4.68 Å². The highest BCUT2D eigenvalue weighted by molar-refractivity contribution is 7.99. The maximum atomic E-state index is 12.6. The number of nitrogens with zero attached hydrogens (tertiary/aromatic N) is 3. The normalized spacial score (nSPS) is 22.0. The van der Waals surface area contributed by atoms with E-state index in [4.69, 9.17) is 0 Å². The van der Waals surface area contributed by atoms with Gasteiger partial charge in [-0.15, -0.1) is 5.10 Å². The van der Waals surface area contributed by atoms with Crippen LogP contribution in [0.3, 0.4) is 0 Å². The summed E-state index contributed by atoms with van der Waals surface area (Å²) in [6, 6.07) is 4.23. The number of benzene rings is 1. The van der Waals surface area contributed by atoms with Crippen LogP contribution in [0.2, 0.25) is 0 Å². The molecule has 2 aromatic rings. The summed E-state index contributed by atoms with van der Waals surface area (Å²) in [5, 5.41) is 28.0. The van der Waals surface area contributed by atoms with Crippen LogP contribution in [-0.2, 0) is 4.79 Å². The number of allylic oxidation sites excluding steroid dienone is 2.